The fourth-order valence-electron chi connectivity index (χ4n) is 1.29. The van der Waals surface area contributed by atoms with Crippen molar-refractivity contribution >= 4 is 55.6 Å². The molecule has 0 radical (unpaired) electrons. The van der Waals surface area contributed by atoms with Gasteiger partial charge in [0.1, 0.15) is 9.84 Å². The third-order valence-electron chi connectivity index (χ3n) is 2.33. The summed E-state index contributed by atoms with van der Waals surface area (Å²) in [6.45, 7) is 0. The molecule has 0 aliphatic heterocycles. The first-order chi connectivity index (χ1) is 8.69. The monoisotopic (exact) mass is 416 g/mol. The molecule has 1 aromatic carbocycles. The summed E-state index contributed by atoms with van der Waals surface area (Å²) in [7, 11) is -3.12. The van der Waals surface area contributed by atoms with Crippen molar-refractivity contribution in [2.75, 3.05) is 17.3 Å². The van der Waals surface area contributed by atoms with Gasteiger partial charge in [0.15, 0.2) is 0 Å². The summed E-state index contributed by atoms with van der Waals surface area (Å²) in [6.07, 6.45) is 1.20. The molecular weight excluding hydrogens is 403 g/mol. The van der Waals surface area contributed by atoms with Crippen molar-refractivity contribution < 1.29 is 13.2 Å². The summed E-state index contributed by atoms with van der Waals surface area (Å²) in [5.41, 5.74) is 6.25. The lowest BCUT2D eigenvalue weighted by atomic mass is 10.2. The summed E-state index contributed by atoms with van der Waals surface area (Å²) >= 11 is 7.85. The van der Waals surface area contributed by atoms with Crippen LogP contribution in [0.25, 0.3) is 0 Å². The van der Waals surface area contributed by atoms with Crippen LogP contribution in [0.3, 0.4) is 0 Å². The minimum Gasteiger partial charge on any atom is -0.324 e. The average molecular weight is 417 g/mol. The number of sulfone groups is 1. The predicted octanol–water partition coefficient (Wildman–Crippen LogP) is 1.65. The van der Waals surface area contributed by atoms with Crippen molar-refractivity contribution in [1.82, 2.24) is 0 Å². The SMILES string of the molecule is CS(=O)(=O)CCC(N)C(=O)Nc1ccc(Cl)cc1I. The average Bonchev–Trinajstić information content (AvgIpc) is 2.28. The van der Waals surface area contributed by atoms with Crippen molar-refractivity contribution in [3.05, 3.63) is 26.8 Å². The Morgan fingerprint density at radius 2 is 2.16 bits per heavy atom. The molecule has 1 unspecified atom stereocenters. The van der Waals surface area contributed by atoms with E-state index < -0.39 is 21.8 Å². The van der Waals surface area contributed by atoms with Crippen LogP contribution < -0.4 is 11.1 Å². The fourth-order valence-corrected chi connectivity index (χ4v) is 2.98. The van der Waals surface area contributed by atoms with Gasteiger partial charge in [0.2, 0.25) is 5.91 Å². The lowest BCUT2D eigenvalue weighted by molar-refractivity contribution is -0.117. The zero-order valence-corrected chi connectivity index (χ0v) is 13.9. The van der Waals surface area contributed by atoms with Crippen molar-refractivity contribution in [2.24, 2.45) is 5.73 Å². The molecule has 0 saturated heterocycles. The van der Waals surface area contributed by atoms with Gasteiger partial charge in [0.25, 0.3) is 0 Å². The molecule has 1 atom stereocenters. The van der Waals surface area contributed by atoms with Gasteiger partial charge in [-0.25, -0.2) is 8.42 Å². The number of amides is 1. The Kier molecular flexibility index (Phi) is 6.03. The van der Waals surface area contributed by atoms with Crippen LogP contribution in [0.1, 0.15) is 6.42 Å². The van der Waals surface area contributed by atoms with E-state index in [1.165, 1.54) is 0 Å². The van der Waals surface area contributed by atoms with Crippen molar-refractivity contribution in [1.29, 1.82) is 0 Å². The number of rotatable bonds is 5. The number of halogens is 2. The van der Waals surface area contributed by atoms with Crippen LogP contribution in [0.5, 0.6) is 0 Å². The third-order valence-corrected chi connectivity index (χ3v) is 4.43. The van der Waals surface area contributed by atoms with Gasteiger partial charge in [-0.15, -0.1) is 0 Å². The largest absolute Gasteiger partial charge is 0.324 e. The smallest absolute Gasteiger partial charge is 0.241 e. The number of hydrogen-bond acceptors (Lipinski definition) is 4. The van der Waals surface area contributed by atoms with Crippen molar-refractivity contribution in [3.8, 4) is 0 Å². The molecule has 0 bridgehead atoms. The molecule has 1 aromatic rings. The molecule has 0 aliphatic carbocycles. The summed E-state index contributed by atoms with van der Waals surface area (Å²) in [6, 6.07) is 4.17. The first-order valence-electron chi connectivity index (χ1n) is 5.38. The highest BCUT2D eigenvalue weighted by molar-refractivity contribution is 14.1. The maximum Gasteiger partial charge on any atom is 0.241 e. The van der Waals surface area contributed by atoms with Gasteiger partial charge >= 0.3 is 0 Å². The first-order valence-corrected chi connectivity index (χ1v) is 8.90. The van der Waals surface area contributed by atoms with Crippen LogP contribution in [-0.4, -0.2) is 32.4 Å². The highest BCUT2D eigenvalue weighted by Crippen LogP contribution is 2.22. The second-order valence-corrected chi connectivity index (χ2v) is 8.00. The summed E-state index contributed by atoms with van der Waals surface area (Å²) in [4.78, 5) is 11.8. The van der Waals surface area contributed by atoms with Crippen molar-refractivity contribution in [2.45, 2.75) is 12.5 Å². The number of hydrogen-bond donors (Lipinski definition) is 2. The Bertz CT molecular complexity index is 577. The second kappa shape index (κ2) is 6.87. The number of carbonyl (C=O) groups excluding carboxylic acids is 1. The molecule has 0 aromatic heterocycles. The minimum atomic E-state index is -3.12. The lowest BCUT2D eigenvalue weighted by Crippen LogP contribution is -2.37. The number of nitrogens with one attached hydrogen (secondary N) is 1. The standard InChI is InChI=1S/C11H14ClIN2O3S/c1-19(17,18)5-4-9(14)11(16)15-10-3-2-7(12)6-8(10)13/h2-3,6,9H,4-5,14H2,1H3,(H,15,16). The molecule has 1 rings (SSSR count). The van der Waals surface area contributed by atoms with Crippen LogP contribution >= 0.6 is 34.2 Å². The molecule has 19 heavy (non-hydrogen) atoms. The minimum absolute atomic E-state index is 0.0921. The van der Waals surface area contributed by atoms with Gasteiger partial charge in [-0.05, 0) is 47.2 Å². The topological polar surface area (TPSA) is 89.3 Å². The van der Waals surface area contributed by atoms with Gasteiger partial charge in [-0.3, -0.25) is 4.79 Å². The Morgan fingerprint density at radius 3 is 2.68 bits per heavy atom. The van der Waals surface area contributed by atoms with E-state index in [9.17, 15) is 13.2 Å². The van der Waals surface area contributed by atoms with Crippen LogP contribution in [-0.2, 0) is 14.6 Å². The van der Waals surface area contributed by atoms with Crippen molar-refractivity contribution in [3.63, 3.8) is 0 Å². The maximum atomic E-state index is 11.8. The highest BCUT2D eigenvalue weighted by Gasteiger charge is 2.16. The lowest BCUT2D eigenvalue weighted by Gasteiger charge is -2.13. The van der Waals surface area contributed by atoms with Crippen LogP contribution in [0, 0.1) is 3.57 Å². The molecule has 106 valence electrons. The van der Waals surface area contributed by atoms with Gasteiger partial charge in [-0.2, -0.15) is 0 Å². The molecule has 1 amide bonds. The quantitative estimate of drug-likeness (QED) is 0.714. The van der Waals surface area contributed by atoms with E-state index >= 15 is 0 Å². The Hall–Kier alpha value is -0.380. The van der Waals surface area contributed by atoms with Crippen LogP contribution in [0.4, 0.5) is 5.69 Å². The Labute approximate surface area is 130 Å². The van der Waals surface area contributed by atoms with E-state index in [-0.39, 0.29) is 12.2 Å². The fraction of sp³-hybridized carbons (Fsp3) is 0.364. The number of nitrogens with two attached hydrogens (primary N) is 1. The summed E-state index contributed by atoms with van der Waals surface area (Å²) < 4.78 is 22.8. The number of benzene rings is 1. The Morgan fingerprint density at radius 1 is 1.53 bits per heavy atom. The molecule has 0 aliphatic rings. The van der Waals surface area contributed by atoms with Gasteiger partial charge in [0.05, 0.1) is 17.5 Å². The molecule has 5 nitrogen and oxygen atoms in total. The normalized spacial score (nSPS) is 13.1. The molecule has 0 spiro atoms. The van der Waals surface area contributed by atoms with E-state index in [1.54, 1.807) is 18.2 Å². The van der Waals surface area contributed by atoms with E-state index in [0.717, 1.165) is 9.83 Å². The molecule has 0 saturated carbocycles. The zero-order chi connectivity index (χ0) is 14.6. The highest BCUT2D eigenvalue weighted by atomic mass is 127. The number of anilines is 1. The molecule has 0 fully saturated rings. The first kappa shape index (κ1) is 16.7. The molecule has 3 N–H and O–H groups in total. The van der Waals surface area contributed by atoms with Crippen LogP contribution in [0.2, 0.25) is 5.02 Å². The zero-order valence-electron chi connectivity index (χ0n) is 10.2. The molecule has 0 heterocycles. The van der Waals surface area contributed by atoms with Crippen LogP contribution in [0.15, 0.2) is 18.2 Å². The second-order valence-electron chi connectivity index (χ2n) is 4.14. The summed E-state index contributed by atoms with van der Waals surface area (Å²) in [5, 5.41) is 3.22. The predicted molar refractivity (Wildman–Crippen MR) is 85.1 cm³/mol. The van der Waals surface area contributed by atoms with Gasteiger partial charge < -0.3 is 11.1 Å². The Balaban J connectivity index is 2.64. The van der Waals surface area contributed by atoms with Gasteiger partial charge in [0, 0.05) is 14.8 Å². The van der Waals surface area contributed by atoms with E-state index in [0.29, 0.717) is 10.7 Å². The van der Waals surface area contributed by atoms with E-state index in [4.69, 9.17) is 17.3 Å². The third kappa shape index (κ3) is 6.07. The number of carbonyl (C=O) groups is 1. The van der Waals surface area contributed by atoms with E-state index in [1.807, 2.05) is 22.6 Å². The summed E-state index contributed by atoms with van der Waals surface area (Å²) in [5.74, 6) is -0.525. The maximum absolute atomic E-state index is 11.8. The molecule has 8 heteroatoms. The van der Waals surface area contributed by atoms with Gasteiger partial charge in [-0.1, -0.05) is 11.6 Å². The molecular formula is C11H14ClIN2O3S. The van der Waals surface area contributed by atoms with E-state index in [2.05, 4.69) is 5.32 Å².